The normalized spacial score (nSPS) is 10.2. The van der Waals surface area contributed by atoms with E-state index >= 15 is 0 Å². The van der Waals surface area contributed by atoms with Crippen molar-refractivity contribution in [1.82, 2.24) is 10.6 Å². The third-order valence-corrected chi connectivity index (χ3v) is 3.16. The molecule has 1 aromatic carbocycles. The van der Waals surface area contributed by atoms with Crippen molar-refractivity contribution in [3.8, 4) is 0 Å². The van der Waals surface area contributed by atoms with Gasteiger partial charge < -0.3 is 10.6 Å². The van der Waals surface area contributed by atoms with Crippen LogP contribution < -0.4 is 10.6 Å². The number of benzene rings is 1. The van der Waals surface area contributed by atoms with Gasteiger partial charge in [-0.25, -0.2) is 0 Å². The van der Waals surface area contributed by atoms with Crippen molar-refractivity contribution in [3.63, 3.8) is 0 Å². The first-order chi connectivity index (χ1) is 9.74. The fourth-order valence-electron chi connectivity index (χ4n) is 1.91. The molecule has 1 amide bonds. The molecule has 0 unspecified atom stereocenters. The first kappa shape index (κ1) is 16.4. The molecule has 0 radical (unpaired) electrons. The van der Waals surface area contributed by atoms with Gasteiger partial charge in [-0.3, -0.25) is 4.79 Å². The van der Waals surface area contributed by atoms with Crippen LogP contribution in [0.5, 0.6) is 0 Å². The van der Waals surface area contributed by atoms with Gasteiger partial charge in [0.25, 0.3) is 5.91 Å². The summed E-state index contributed by atoms with van der Waals surface area (Å²) in [6.07, 6.45) is 6.70. The molecule has 0 atom stereocenters. The van der Waals surface area contributed by atoms with Gasteiger partial charge in [0.1, 0.15) is 0 Å². The monoisotopic (exact) mass is 274 g/mol. The van der Waals surface area contributed by atoms with Crippen molar-refractivity contribution in [3.05, 3.63) is 48.0 Å². The Kier molecular flexibility index (Phi) is 8.40. The van der Waals surface area contributed by atoms with Crippen LogP contribution in [0.25, 0.3) is 0 Å². The number of carbonyl (C=O) groups excluding carboxylic acids is 1. The Morgan fingerprint density at radius 1 is 1.10 bits per heavy atom. The van der Waals surface area contributed by atoms with Crippen LogP contribution in [0.2, 0.25) is 0 Å². The molecule has 20 heavy (non-hydrogen) atoms. The maximum absolute atomic E-state index is 11.8. The molecule has 1 rings (SSSR count). The molecule has 110 valence electrons. The highest BCUT2D eigenvalue weighted by atomic mass is 16.1. The number of allylic oxidation sites excluding steroid dienone is 1. The standard InChI is InChI=1S/C17H26N2O/c1-3-4-5-6-7-12-18-13-14-19-17(20)16-10-8-15(2)9-11-16/h3,8-11,18H,1,4-7,12-14H2,2H3,(H,19,20). The lowest BCUT2D eigenvalue weighted by Crippen LogP contribution is -2.32. The van der Waals surface area contributed by atoms with Crippen LogP contribution in [0.1, 0.15) is 41.6 Å². The van der Waals surface area contributed by atoms with E-state index in [0.717, 1.165) is 25.1 Å². The van der Waals surface area contributed by atoms with Crippen molar-refractivity contribution in [1.29, 1.82) is 0 Å². The SMILES string of the molecule is C=CCCCCCNCCNC(=O)c1ccc(C)cc1. The van der Waals surface area contributed by atoms with Crippen LogP contribution in [0, 0.1) is 6.92 Å². The van der Waals surface area contributed by atoms with E-state index in [1.807, 2.05) is 37.3 Å². The van der Waals surface area contributed by atoms with Crippen LogP contribution in [0.15, 0.2) is 36.9 Å². The summed E-state index contributed by atoms with van der Waals surface area (Å²) in [5.74, 6) is -0.00205. The molecule has 0 fully saturated rings. The van der Waals surface area contributed by atoms with Crippen molar-refractivity contribution >= 4 is 5.91 Å². The first-order valence-electron chi connectivity index (χ1n) is 7.40. The smallest absolute Gasteiger partial charge is 0.251 e. The quantitative estimate of drug-likeness (QED) is 0.508. The van der Waals surface area contributed by atoms with Crippen LogP contribution in [0.4, 0.5) is 0 Å². The number of hydrogen-bond acceptors (Lipinski definition) is 2. The van der Waals surface area contributed by atoms with Crippen LogP contribution in [-0.2, 0) is 0 Å². The molecule has 0 heterocycles. The van der Waals surface area contributed by atoms with Gasteiger partial charge in [-0.05, 0) is 44.9 Å². The van der Waals surface area contributed by atoms with Crippen LogP contribution >= 0.6 is 0 Å². The summed E-state index contributed by atoms with van der Waals surface area (Å²) in [6.45, 7) is 8.22. The highest BCUT2D eigenvalue weighted by Gasteiger charge is 2.03. The zero-order valence-electron chi connectivity index (χ0n) is 12.5. The highest BCUT2D eigenvalue weighted by molar-refractivity contribution is 5.94. The minimum Gasteiger partial charge on any atom is -0.351 e. The molecule has 1 aromatic rings. The Labute approximate surface area is 122 Å². The zero-order chi connectivity index (χ0) is 14.6. The van der Waals surface area contributed by atoms with E-state index in [-0.39, 0.29) is 5.91 Å². The van der Waals surface area contributed by atoms with E-state index in [9.17, 15) is 4.79 Å². The topological polar surface area (TPSA) is 41.1 Å². The minimum atomic E-state index is -0.00205. The van der Waals surface area contributed by atoms with E-state index in [1.165, 1.54) is 24.8 Å². The molecule has 3 nitrogen and oxygen atoms in total. The summed E-state index contributed by atoms with van der Waals surface area (Å²) >= 11 is 0. The Morgan fingerprint density at radius 2 is 1.85 bits per heavy atom. The van der Waals surface area contributed by atoms with Gasteiger partial charge in [-0.2, -0.15) is 0 Å². The minimum absolute atomic E-state index is 0.00205. The number of hydrogen-bond donors (Lipinski definition) is 2. The second-order valence-corrected chi connectivity index (χ2v) is 5.01. The van der Waals surface area contributed by atoms with Crippen LogP contribution in [-0.4, -0.2) is 25.5 Å². The molecule has 0 aliphatic heterocycles. The average molecular weight is 274 g/mol. The molecular formula is C17H26N2O. The number of aryl methyl sites for hydroxylation is 1. The molecule has 0 spiro atoms. The van der Waals surface area contributed by atoms with Crippen molar-refractivity contribution in [2.45, 2.75) is 32.6 Å². The van der Waals surface area contributed by atoms with Gasteiger partial charge in [0, 0.05) is 18.7 Å². The second kappa shape index (κ2) is 10.2. The number of nitrogens with one attached hydrogen (secondary N) is 2. The van der Waals surface area contributed by atoms with Gasteiger partial charge in [-0.1, -0.05) is 30.2 Å². The summed E-state index contributed by atoms with van der Waals surface area (Å²) < 4.78 is 0. The fraction of sp³-hybridized carbons (Fsp3) is 0.471. The van der Waals surface area contributed by atoms with Gasteiger partial charge in [0.2, 0.25) is 0 Å². The molecule has 3 heteroatoms. The van der Waals surface area contributed by atoms with Crippen molar-refractivity contribution in [2.24, 2.45) is 0 Å². The van der Waals surface area contributed by atoms with E-state index in [4.69, 9.17) is 0 Å². The van der Waals surface area contributed by atoms with E-state index < -0.39 is 0 Å². The van der Waals surface area contributed by atoms with Crippen LogP contribution in [0.3, 0.4) is 0 Å². The van der Waals surface area contributed by atoms with Gasteiger partial charge >= 0.3 is 0 Å². The largest absolute Gasteiger partial charge is 0.351 e. The molecule has 0 aliphatic rings. The molecule has 0 bridgehead atoms. The molecule has 0 saturated carbocycles. The fourth-order valence-corrected chi connectivity index (χ4v) is 1.91. The van der Waals surface area contributed by atoms with E-state index in [1.54, 1.807) is 0 Å². The Hall–Kier alpha value is -1.61. The molecule has 0 aliphatic carbocycles. The van der Waals surface area contributed by atoms with E-state index in [2.05, 4.69) is 17.2 Å². The van der Waals surface area contributed by atoms with Crippen molar-refractivity contribution in [2.75, 3.05) is 19.6 Å². The molecule has 0 aromatic heterocycles. The summed E-state index contributed by atoms with van der Waals surface area (Å²) in [5, 5.41) is 6.25. The zero-order valence-corrected chi connectivity index (χ0v) is 12.5. The number of amides is 1. The predicted molar refractivity (Wildman–Crippen MR) is 85.0 cm³/mol. The lowest BCUT2D eigenvalue weighted by molar-refractivity contribution is 0.0954. The lowest BCUT2D eigenvalue weighted by atomic mass is 10.1. The summed E-state index contributed by atoms with van der Waals surface area (Å²) in [6, 6.07) is 7.63. The molecule has 0 saturated heterocycles. The Balaban J connectivity index is 2.02. The first-order valence-corrected chi connectivity index (χ1v) is 7.40. The third kappa shape index (κ3) is 7.10. The summed E-state index contributed by atoms with van der Waals surface area (Å²) in [4.78, 5) is 11.8. The average Bonchev–Trinajstić information content (AvgIpc) is 2.46. The number of carbonyl (C=O) groups is 1. The molecule has 2 N–H and O–H groups in total. The second-order valence-electron chi connectivity index (χ2n) is 5.01. The predicted octanol–water partition coefficient (Wildman–Crippen LogP) is 3.06. The van der Waals surface area contributed by atoms with Crippen molar-refractivity contribution < 1.29 is 4.79 Å². The van der Waals surface area contributed by atoms with Gasteiger partial charge in [-0.15, -0.1) is 6.58 Å². The summed E-state index contributed by atoms with van der Waals surface area (Å²) in [5.41, 5.74) is 1.89. The Morgan fingerprint density at radius 3 is 2.55 bits per heavy atom. The summed E-state index contributed by atoms with van der Waals surface area (Å²) in [7, 11) is 0. The third-order valence-electron chi connectivity index (χ3n) is 3.16. The lowest BCUT2D eigenvalue weighted by Gasteiger charge is -2.07. The number of unbranched alkanes of at least 4 members (excludes halogenated alkanes) is 3. The maximum Gasteiger partial charge on any atom is 0.251 e. The highest BCUT2D eigenvalue weighted by Crippen LogP contribution is 2.02. The Bertz CT molecular complexity index is 398. The van der Waals surface area contributed by atoms with Gasteiger partial charge in [0.15, 0.2) is 0 Å². The number of rotatable bonds is 10. The molecular weight excluding hydrogens is 248 g/mol. The maximum atomic E-state index is 11.8. The van der Waals surface area contributed by atoms with E-state index in [0.29, 0.717) is 6.54 Å². The van der Waals surface area contributed by atoms with Gasteiger partial charge in [0.05, 0.1) is 0 Å².